The van der Waals surface area contributed by atoms with Crippen LogP contribution in [0.15, 0.2) is 18.2 Å². The molecule has 1 amide bonds. The Hall–Kier alpha value is -2.74. The molecular weight excluding hydrogens is 528 g/mol. The van der Waals surface area contributed by atoms with Crippen LogP contribution in [0.1, 0.15) is 85.8 Å². The molecule has 2 N–H and O–H groups in total. The number of hydrogen-bond donors (Lipinski definition) is 1. The van der Waals surface area contributed by atoms with Gasteiger partial charge in [-0.1, -0.05) is 53.9 Å². The summed E-state index contributed by atoms with van der Waals surface area (Å²) in [5, 5.41) is 0. The Balaban J connectivity index is 1.30. The smallest absolute Gasteiger partial charge is 0.240 e. The lowest BCUT2D eigenvalue weighted by Crippen LogP contribution is -2.53. The Bertz CT molecular complexity index is 1290. The maximum absolute atomic E-state index is 13.4. The Morgan fingerprint density at radius 3 is 2.40 bits per heavy atom. The summed E-state index contributed by atoms with van der Waals surface area (Å²) < 4.78 is 12.0. The van der Waals surface area contributed by atoms with Gasteiger partial charge < -0.3 is 20.1 Å². The van der Waals surface area contributed by atoms with Gasteiger partial charge in [-0.15, -0.1) is 0 Å². The summed E-state index contributed by atoms with van der Waals surface area (Å²) in [5.74, 6) is 4.60. The van der Waals surface area contributed by atoms with Crippen molar-refractivity contribution < 1.29 is 19.1 Å². The summed E-state index contributed by atoms with van der Waals surface area (Å²) in [7, 11) is 1.63. The van der Waals surface area contributed by atoms with Crippen molar-refractivity contribution >= 4 is 22.7 Å². The fourth-order valence-electron chi connectivity index (χ4n) is 7.47. The molecule has 1 saturated heterocycles. The summed E-state index contributed by atoms with van der Waals surface area (Å²) in [4.78, 5) is 37.7. The van der Waals surface area contributed by atoms with Crippen molar-refractivity contribution in [2.45, 2.75) is 105 Å². The predicted octanol–water partition coefficient (Wildman–Crippen LogP) is 5.59. The summed E-state index contributed by atoms with van der Waals surface area (Å²) in [6.07, 6.45) is 7.99. The number of ketones is 1. The molecule has 1 aromatic heterocycles. The molecule has 8 nitrogen and oxygen atoms in total. The van der Waals surface area contributed by atoms with E-state index < -0.39 is 23.6 Å². The van der Waals surface area contributed by atoms with Gasteiger partial charge >= 0.3 is 0 Å². The zero-order valence-corrected chi connectivity index (χ0v) is 26.6. The summed E-state index contributed by atoms with van der Waals surface area (Å²) in [5.41, 5.74) is 8.24. The third-order valence-corrected chi connectivity index (χ3v) is 10.4. The van der Waals surface area contributed by atoms with E-state index in [-0.39, 0.29) is 24.2 Å². The molecule has 230 valence electrons. The Morgan fingerprint density at radius 2 is 1.76 bits per heavy atom. The van der Waals surface area contributed by atoms with Crippen molar-refractivity contribution in [2.75, 3.05) is 13.7 Å². The minimum atomic E-state index is -0.716. The molecule has 2 saturated carbocycles. The highest BCUT2D eigenvalue weighted by Crippen LogP contribution is 2.60. The topological polar surface area (TPSA) is 108 Å². The van der Waals surface area contributed by atoms with Crippen molar-refractivity contribution in [3.63, 3.8) is 0 Å². The normalized spacial score (nSPS) is 29.4. The zero-order valence-electron chi connectivity index (χ0n) is 26.6. The highest BCUT2D eigenvalue weighted by molar-refractivity contribution is 5.91. The number of aromatic nitrogens is 2. The molecule has 8 atom stereocenters. The van der Waals surface area contributed by atoms with Crippen molar-refractivity contribution in [3.8, 4) is 11.6 Å². The molecular formula is C34H50N4O4. The van der Waals surface area contributed by atoms with E-state index in [0.29, 0.717) is 17.1 Å². The average Bonchev–Trinajstić information content (AvgIpc) is 3.25. The van der Waals surface area contributed by atoms with Gasteiger partial charge in [0.15, 0.2) is 5.78 Å². The number of likely N-dealkylation sites (tertiary alicyclic amines) is 1. The van der Waals surface area contributed by atoms with Gasteiger partial charge in [0, 0.05) is 12.0 Å². The quantitative estimate of drug-likeness (QED) is 0.346. The molecule has 8 heteroatoms. The van der Waals surface area contributed by atoms with Gasteiger partial charge in [-0.3, -0.25) is 9.59 Å². The van der Waals surface area contributed by atoms with Crippen LogP contribution in [0.4, 0.5) is 0 Å². The number of hydrogen-bond acceptors (Lipinski definition) is 7. The number of amides is 1. The van der Waals surface area contributed by atoms with Crippen LogP contribution in [-0.2, 0) is 16.0 Å². The molecule has 1 aliphatic heterocycles. The van der Waals surface area contributed by atoms with Crippen molar-refractivity contribution in [2.24, 2.45) is 40.7 Å². The van der Waals surface area contributed by atoms with Gasteiger partial charge in [0.1, 0.15) is 17.5 Å². The van der Waals surface area contributed by atoms with Crippen LogP contribution in [0.3, 0.4) is 0 Å². The van der Waals surface area contributed by atoms with E-state index in [9.17, 15) is 9.59 Å². The van der Waals surface area contributed by atoms with Crippen LogP contribution >= 0.6 is 0 Å². The van der Waals surface area contributed by atoms with Gasteiger partial charge in [-0.05, 0) is 73.8 Å². The Kier molecular flexibility index (Phi) is 8.85. The number of fused-ring (bicyclic) bond motifs is 2. The molecule has 0 radical (unpaired) electrons. The lowest BCUT2D eigenvalue weighted by atomic mass is 9.86. The minimum Gasteiger partial charge on any atom is -0.497 e. The second kappa shape index (κ2) is 12.1. The number of ether oxygens (including phenoxy) is 2. The van der Waals surface area contributed by atoms with E-state index in [0.717, 1.165) is 54.1 Å². The lowest BCUT2D eigenvalue weighted by molar-refractivity contribution is -0.140. The standard InChI is InChI=1S/C34H50N4O4/c1-19-24-15-22(16-25(19)24)11-9-8-10-12-27-32(37-28-17-23(41-7)13-14-26(28)36-27)42-29-18-38(30(20(29)2)21(3)39)33(40)31(35)34(4,5)6/h13-14,17,19-20,22,24-25,29-31H,8-12,15-16,18,35H2,1-7H3/t19?,20-,22?,24-,25+,29?,30+,31-/m1/s1. The van der Waals surface area contributed by atoms with E-state index in [2.05, 4.69) is 6.92 Å². The number of carbonyl (C=O) groups excluding carboxylic acids is 2. The number of Topliss-reactive ketones (excluding diaryl/α,β-unsaturated/α-hetero) is 1. The molecule has 2 aliphatic carbocycles. The van der Waals surface area contributed by atoms with Crippen LogP contribution in [0.2, 0.25) is 0 Å². The first-order valence-corrected chi connectivity index (χ1v) is 16.0. The van der Waals surface area contributed by atoms with Crippen LogP contribution in [0.5, 0.6) is 11.6 Å². The van der Waals surface area contributed by atoms with Gasteiger partial charge in [-0.25, -0.2) is 9.97 Å². The number of benzene rings is 1. The first kappa shape index (κ1) is 30.7. The number of nitrogens with two attached hydrogens (primary N) is 1. The second-order valence-electron chi connectivity index (χ2n) is 14.4. The molecule has 1 aromatic carbocycles. The lowest BCUT2D eigenvalue weighted by Gasteiger charge is -2.32. The summed E-state index contributed by atoms with van der Waals surface area (Å²) in [6.45, 7) is 12.0. The molecule has 3 aliphatic rings. The fraction of sp³-hybridized carbons (Fsp3) is 0.706. The third kappa shape index (κ3) is 6.29. The minimum absolute atomic E-state index is 0.0633. The number of carbonyl (C=O) groups is 2. The van der Waals surface area contributed by atoms with Gasteiger partial charge in [-0.2, -0.15) is 0 Å². The highest BCUT2D eigenvalue weighted by Gasteiger charge is 2.52. The van der Waals surface area contributed by atoms with Crippen LogP contribution in [-0.4, -0.2) is 58.4 Å². The van der Waals surface area contributed by atoms with Crippen molar-refractivity contribution in [3.05, 3.63) is 23.9 Å². The molecule has 2 heterocycles. The molecule has 42 heavy (non-hydrogen) atoms. The van der Waals surface area contributed by atoms with E-state index in [1.165, 1.54) is 32.6 Å². The number of methoxy groups -OCH3 is 1. The summed E-state index contributed by atoms with van der Waals surface area (Å²) in [6, 6.07) is 4.39. The zero-order chi connectivity index (χ0) is 30.3. The monoisotopic (exact) mass is 578 g/mol. The number of aryl methyl sites for hydroxylation is 1. The predicted molar refractivity (Wildman–Crippen MR) is 164 cm³/mol. The van der Waals surface area contributed by atoms with Gasteiger partial charge in [0.2, 0.25) is 11.8 Å². The van der Waals surface area contributed by atoms with E-state index in [4.69, 9.17) is 25.2 Å². The number of unbranched alkanes of at least 4 members (excludes halogenated alkanes) is 2. The molecule has 5 rings (SSSR count). The van der Waals surface area contributed by atoms with E-state index in [1.807, 2.05) is 45.9 Å². The maximum Gasteiger partial charge on any atom is 0.240 e. The van der Waals surface area contributed by atoms with Crippen LogP contribution in [0, 0.1) is 35.0 Å². The van der Waals surface area contributed by atoms with E-state index >= 15 is 0 Å². The first-order valence-electron chi connectivity index (χ1n) is 16.0. The fourth-order valence-corrected chi connectivity index (χ4v) is 7.47. The van der Waals surface area contributed by atoms with Gasteiger partial charge in [0.25, 0.3) is 0 Å². The van der Waals surface area contributed by atoms with Crippen LogP contribution in [0.25, 0.3) is 11.0 Å². The van der Waals surface area contributed by atoms with Crippen molar-refractivity contribution in [1.29, 1.82) is 0 Å². The van der Waals surface area contributed by atoms with Crippen LogP contribution < -0.4 is 15.2 Å². The van der Waals surface area contributed by atoms with E-state index in [1.54, 1.807) is 12.0 Å². The van der Waals surface area contributed by atoms with Gasteiger partial charge in [0.05, 0.1) is 36.8 Å². The summed E-state index contributed by atoms with van der Waals surface area (Å²) >= 11 is 0. The first-order chi connectivity index (χ1) is 19.9. The third-order valence-electron chi connectivity index (χ3n) is 10.4. The molecule has 2 aromatic rings. The molecule has 0 bridgehead atoms. The second-order valence-corrected chi connectivity index (χ2v) is 14.4. The molecule has 0 spiro atoms. The molecule has 3 fully saturated rings. The number of rotatable bonds is 11. The Morgan fingerprint density at radius 1 is 1.05 bits per heavy atom. The average molecular weight is 579 g/mol. The maximum atomic E-state index is 13.4. The SMILES string of the molecule is COc1ccc2nc(CCCCCC3C[C@@H]4C(C)[C@@H]4C3)c(OC3CN(C(=O)[C@@H](N)C(C)(C)C)[C@H](C(C)=O)[C@@H]3C)nc2c1. The number of nitrogens with zero attached hydrogens (tertiary/aromatic N) is 3. The molecule has 3 unspecified atom stereocenters. The largest absolute Gasteiger partial charge is 0.497 e. The van der Waals surface area contributed by atoms with Crippen molar-refractivity contribution in [1.82, 2.24) is 14.9 Å². The Labute approximate surface area is 251 Å². The highest BCUT2D eigenvalue weighted by atomic mass is 16.5.